The Bertz CT molecular complexity index is 734. The van der Waals surface area contributed by atoms with Gasteiger partial charge in [0.1, 0.15) is 17.5 Å². The van der Waals surface area contributed by atoms with Crippen LogP contribution in [0.4, 0.5) is 13.2 Å². The van der Waals surface area contributed by atoms with Gasteiger partial charge in [0.15, 0.2) is 6.61 Å². The van der Waals surface area contributed by atoms with Crippen molar-refractivity contribution >= 4 is 5.91 Å². The van der Waals surface area contributed by atoms with Gasteiger partial charge in [-0.15, -0.1) is 18.3 Å². The Kier molecular flexibility index (Phi) is 7.13. The summed E-state index contributed by atoms with van der Waals surface area (Å²) in [7, 11) is 1.52. The van der Waals surface area contributed by atoms with Gasteiger partial charge in [0.25, 0.3) is 5.91 Å². The lowest BCUT2D eigenvalue weighted by molar-refractivity contribution is -0.221. The monoisotopic (exact) mass is 387 g/mol. The van der Waals surface area contributed by atoms with E-state index in [2.05, 4.69) is 20.8 Å². The molecule has 0 aliphatic heterocycles. The highest BCUT2D eigenvalue weighted by Gasteiger charge is 2.34. The van der Waals surface area contributed by atoms with E-state index in [1.54, 1.807) is 12.1 Å². The van der Waals surface area contributed by atoms with Crippen LogP contribution < -0.4 is 15.4 Å². The summed E-state index contributed by atoms with van der Waals surface area (Å²) in [4.78, 5) is 10.7. The first-order chi connectivity index (χ1) is 12.8. The first kappa shape index (κ1) is 20.6. The zero-order valence-electron chi connectivity index (χ0n) is 14.5. The Hall–Kier alpha value is -2.66. The third-order valence-corrected chi connectivity index (χ3v) is 3.58. The zero-order valence-corrected chi connectivity index (χ0v) is 14.5. The van der Waals surface area contributed by atoms with E-state index >= 15 is 0 Å². The highest BCUT2D eigenvalue weighted by Crippen LogP contribution is 2.20. The zero-order chi connectivity index (χ0) is 19.9. The van der Waals surface area contributed by atoms with Crippen LogP contribution in [-0.4, -0.2) is 52.8 Å². The summed E-state index contributed by atoms with van der Waals surface area (Å²) in [5, 5.41) is 21.6. The van der Waals surface area contributed by atoms with E-state index < -0.39 is 12.4 Å². The standard InChI is InChI=1S/C16H20F3N5O3/c1-20-15(26)10-27-12-4-2-11(3-5-12)6-7-21-9-14(25)13-8-22-24(23-13)16(17,18)19/h2-5,8,14,21,25H,6-7,9-10H2,1H3,(H,20,26). The van der Waals surface area contributed by atoms with Crippen molar-refractivity contribution < 1.29 is 27.8 Å². The minimum Gasteiger partial charge on any atom is -0.484 e. The van der Waals surface area contributed by atoms with E-state index in [0.717, 1.165) is 11.8 Å². The van der Waals surface area contributed by atoms with Crippen molar-refractivity contribution in [3.63, 3.8) is 0 Å². The number of aliphatic hydroxyl groups is 1. The summed E-state index contributed by atoms with van der Waals surface area (Å²) in [5.74, 6) is 0.343. The average Bonchev–Trinajstić information content (AvgIpc) is 3.14. The van der Waals surface area contributed by atoms with Gasteiger partial charge >= 0.3 is 6.30 Å². The van der Waals surface area contributed by atoms with Gasteiger partial charge < -0.3 is 20.5 Å². The Labute approximate surface area is 153 Å². The number of hydrogen-bond donors (Lipinski definition) is 3. The van der Waals surface area contributed by atoms with Gasteiger partial charge in [0.2, 0.25) is 0 Å². The number of carbonyl (C=O) groups excluding carboxylic acids is 1. The Balaban J connectivity index is 1.71. The quantitative estimate of drug-likeness (QED) is 0.549. The summed E-state index contributed by atoms with van der Waals surface area (Å²) in [5.41, 5.74) is 0.838. The number of halogens is 3. The highest BCUT2D eigenvalue weighted by atomic mass is 19.4. The van der Waals surface area contributed by atoms with Crippen LogP contribution in [0.2, 0.25) is 0 Å². The van der Waals surface area contributed by atoms with Crippen molar-refractivity contribution in [2.24, 2.45) is 0 Å². The van der Waals surface area contributed by atoms with Crippen molar-refractivity contribution in [1.29, 1.82) is 0 Å². The third kappa shape index (κ3) is 6.53. The van der Waals surface area contributed by atoms with Crippen LogP contribution in [0.25, 0.3) is 0 Å². The van der Waals surface area contributed by atoms with Crippen molar-refractivity contribution in [1.82, 2.24) is 25.6 Å². The number of hydrogen-bond acceptors (Lipinski definition) is 6. The highest BCUT2D eigenvalue weighted by molar-refractivity contribution is 5.77. The summed E-state index contributed by atoms with van der Waals surface area (Å²) in [6, 6.07) is 7.16. The second-order valence-electron chi connectivity index (χ2n) is 5.60. The lowest BCUT2D eigenvalue weighted by Crippen LogP contribution is -2.25. The smallest absolute Gasteiger partial charge is 0.484 e. The van der Waals surface area contributed by atoms with Crippen molar-refractivity contribution in [2.45, 2.75) is 18.8 Å². The number of rotatable bonds is 9. The maximum absolute atomic E-state index is 12.4. The van der Waals surface area contributed by atoms with Crippen molar-refractivity contribution in [3.8, 4) is 5.75 Å². The molecule has 0 radical (unpaired) electrons. The molecule has 1 atom stereocenters. The fraction of sp³-hybridized carbons (Fsp3) is 0.438. The molecule has 0 fully saturated rings. The van der Waals surface area contributed by atoms with E-state index in [0.29, 0.717) is 18.7 Å². The minimum atomic E-state index is -4.71. The van der Waals surface area contributed by atoms with Crippen LogP contribution in [-0.2, 0) is 17.5 Å². The first-order valence-electron chi connectivity index (χ1n) is 8.10. The molecular weight excluding hydrogens is 367 g/mol. The molecule has 0 spiro atoms. The molecule has 2 rings (SSSR count). The van der Waals surface area contributed by atoms with Crippen LogP contribution in [0.15, 0.2) is 30.5 Å². The molecule has 0 bridgehead atoms. The maximum atomic E-state index is 12.4. The lowest BCUT2D eigenvalue weighted by Gasteiger charge is -2.10. The van der Waals surface area contributed by atoms with Gasteiger partial charge in [0.05, 0.1) is 6.20 Å². The normalized spacial score (nSPS) is 12.6. The molecule has 148 valence electrons. The largest absolute Gasteiger partial charge is 0.521 e. The Morgan fingerprint density at radius 1 is 1.33 bits per heavy atom. The molecule has 8 nitrogen and oxygen atoms in total. The number of ether oxygens (including phenoxy) is 1. The predicted octanol–water partition coefficient (Wildman–Crippen LogP) is 0.745. The average molecular weight is 387 g/mol. The number of nitrogens with zero attached hydrogens (tertiary/aromatic N) is 3. The van der Waals surface area contributed by atoms with E-state index in [1.165, 1.54) is 7.05 Å². The van der Waals surface area contributed by atoms with Crippen LogP contribution in [0.1, 0.15) is 17.4 Å². The number of aromatic nitrogens is 3. The molecule has 1 unspecified atom stereocenters. The topological polar surface area (TPSA) is 101 Å². The summed E-state index contributed by atoms with van der Waals surface area (Å²) < 4.78 is 42.5. The molecule has 1 aromatic heterocycles. The summed E-state index contributed by atoms with van der Waals surface area (Å²) in [6.07, 6.45) is -4.38. The van der Waals surface area contributed by atoms with Gasteiger partial charge in [-0.05, 0) is 30.7 Å². The van der Waals surface area contributed by atoms with Crippen molar-refractivity contribution in [3.05, 3.63) is 41.7 Å². The lowest BCUT2D eigenvalue weighted by atomic mass is 10.1. The van der Waals surface area contributed by atoms with Gasteiger partial charge in [0, 0.05) is 13.6 Å². The number of carbonyl (C=O) groups is 1. The molecule has 0 saturated heterocycles. The van der Waals surface area contributed by atoms with Gasteiger partial charge in [-0.1, -0.05) is 16.9 Å². The van der Waals surface area contributed by atoms with E-state index in [9.17, 15) is 23.1 Å². The van der Waals surface area contributed by atoms with Gasteiger partial charge in [-0.25, -0.2) is 0 Å². The first-order valence-corrected chi connectivity index (χ1v) is 8.10. The fourth-order valence-electron chi connectivity index (χ4n) is 2.10. The number of benzene rings is 1. The molecular formula is C16H20F3N5O3. The van der Waals surface area contributed by atoms with E-state index in [4.69, 9.17) is 4.74 Å². The number of amides is 1. The molecule has 27 heavy (non-hydrogen) atoms. The molecule has 0 saturated carbocycles. The molecule has 0 aliphatic carbocycles. The predicted molar refractivity (Wildman–Crippen MR) is 88.9 cm³/mol. The third-order valence-electron chi connectivity index (χ3n) is 3.58. The summed E-state index contributed by atoms with van der Waals surface area (Å²) >= 11 is 0. The van der Waals surface area contributed by atoms with E-state index in [1.807, 2.05) is 12.1 Å². The molecule has 1 heterocycles. The number of alkyl halides is 3. The second-order valence-corrected chi connectivity index (χ2v) is 5.60. The minimum absolute atomic E-state index is 0.0455. The van der Waals surface area contributed by atoms with Crippen LogP contribution >= 0.6 is 0 Å². The van der Waals surface area contributed by atoms with Gasteiger partial charge in [-0.2, -0.15) is 5.10 Å². The van der Waals surface area contributed by atoms with Crippen LogP contribution in [0, 0.1) is 0 Å². The van der Waals surface area contributed by atoms with E-state index in [-0.39, 0.29) is 29.5 Å². The molecule has 3 N–H and O–H groups in total. The van der Waals surface area contributed by atoms with Crippen LogP contribution in [0.3, 0.4) is 0 Å². The molecule has 11 heteroatoms. The SMILES string of the molecule is CNC(=O)COc1ccc(CCNCC(O)c2cnn(C(F)(F)F)n2)cc1. The van der Waals surface area contributed by atoms with Gasteiger partial charge in [-0.3, -0.25) is 4.79 Å². The molecule has 1 aromatic carbocycles. The van der Waals surface area contributed by atoms with Crippen molar-refractivity contribution in [2.75, 3.05) is 26.7 Å². The Morgan fingerprint density at radius 2 is 2.04 bits per heavy atom. The summed E-state index contributed by atoms with van der Waals surface area (Å²) in [6.45, 7) is 0.487. The maximum Gasteiger partial charge on any atom is 0.521 e. The van der Waals surface area contributed by atoms with Crippen LogP contribution in [0.5, 0.6) is 5.75 Å². The number of aliphatic hydroxyl groups excluding tert-OH is 1. The number of likely N-dealkylation sites (N-methyl/N-ethyl adjacent to an activating group) is 1. The molecule has 0 aliphatic rings. The molecule has 2 aromatic rings. The molecule has 1 amide bonds. The second kappa shape index (κ2) is 9.33. The Morgan fingerprint density at radius 3 is 2.63 bits per heavy atom. The fourth-order valence-corrected chi connectivity index (χ4v) is 2.10. The number of nitrogens with one attached hydrogen (secondary N) is 2.